The molecule has 0 fully saturated rings. The summed E-state index contributed by atoms with van der Waals surface area (Å²) in [5.41, 5.74) is 1.26. The fourth-order valence-electron chi connectivity index (χ4n) is 1.97. The first kappa shape index (κ1) is 14.8. The molecule has 0 heterocycles. The number of benzene rings is 2. The molecule has 1 atom stereocenters. The Bertz CT molecular complexity index is 552. The van der Waals surface area contributed by atoms with E-state index in [2.05, 4.69) is 21.2 Å². The second kappa shape index (κ2) is 6.23. The maximum absolute atomic E-state index is 14.2. The lowest BCUT2D eigenvalue weighted by Crippen LogP contribution is -2.19. The highest BCUT2D eigenvalue weighted by atomic mass is 79.9. The first-order valence-corrected chi connectivity index (χ1v) is 7.16. The van der Waals surface area contributed by atoms with Gasteiger partial charge in [0.1, 0.15) is 5.82 Å². The Morgan fingerprint density at radius 1 is 1.11 bits per heavy atom. The van der Waals surface area contributed by atoms with Crippen molar-refractivity contribution in [3.05, 3.63) is 67.9 Å². The smallest absolute Gasteiger partial charge is 0.142 e. The van der Waals surface area contributed by atoms with Crippen molar-refractivity contribution in [2.45, 2.75) is 6.04 Å². The first-order chi connectivity index (χ1) is 9.06. The molecule has 2 rings (SSSR count). The van der Waals surface area contributed by atoms with Gasteiger partial charge in [-0.25, -0.2) is 4.39 Å². The third kappa shape index (κ3) is 2.95. The molecule has 0 radical (unpaired) electrons. The number of hydrogen-bond donors (Lipinski definition) is 1. The standard InChI is InChI=1S/C14H11BrCl2FN/c1-19-14(8-4-3-7-11(16)12(8)17)9-5-2-6-10(15)13(9)18/h2-7,14,19H,1H3. The Kier molecular flexibility index (Phi) is 4.85. The van der Waals surface area contributed by atoms with Crippen molar-refractivity contribution in [3.63, 3.8) is 0 Å². The zero-order chi connectivity index (χ0) is 14.0. The quantitative estimate of drug-likeness (QED) is 0.790. The van der Waals surface area contributed by atoms with Crippen LogP contribution in [0.4, 0.5) is 4.39 Å². The lowest BCUT2D eigenvalue weighted by atomic mass is 9.98. The summed E-state index contributed by atoms with van der Waals surface area (Å²) in [4.78, 5) is 0. The number of rotatable bonds is 3. The minimum atomic E-state index is -0.358. The molecule has 1 unspecified atom stereocenters. The van der Waals surface area contributed by atoms with Crippen LogP contribution in [0.2, 0.25) is 10.0 Å². The molecule has 1 nitrogen and oxygen atoms in total. The van der Waals surface area contributed by atoms with Crippen LogP contribution in [-0.4, -0.2) is 7.05 Å². The molecule has 0 aliphatic carbocycles. The fourth-order valence-corrected chi connectivity index (χ4v) is 2.76. The van der Waals surface area contributed by atoms with Gasteiger partial charge in [0.25, 0.3) is 0 Å². The lowest BCUT2D eigenvalue weighted by Gasteiger charge is -2.20. The van der Waals surface area contributed by atoms with E-state index in [4.69, 9.17) is 23.2 Å². The molecule has 1 N–H and O–H groups in total. The predicted molar refractivity (Wildman–Crippen MR) is 81.5 cm³/mol. The highest BCUT2D eigenvalue weighted by Gasteiger charge is 2.20. The summed E-state index contributed by atoms with van der Waals surface area (Å²) >= 11 is 15.4. The molecule has 0 bridgehead atoms. The van der Waals surface area contributed by atoms with Gasteiger partial charge < -0.3 is 5.32 Å². The van der Waals surface area contributed by atoms with Crippen molar-refractivity contribution >= 4 is 39.1 Å². The van der Waals surface area contributed by atoms with E-state index in [-0.39, 0.29) is 11.9 Å². The monoisotopic (exact) mass is 361 g/mol. The van der Waals surface area contributed by atoms with Crippen LogP contribution in [0.3, 0.4) is 0 Å². The molecule has 0 aliphatic rings. The maximum Gasteiger partial charge on any atom is 0.142 e. The van der Waals surface area contributed by atoms with Gasteiger partial charge in [0.15, 0.2) is 0 Å². The lowest BCUT2D eigenvalue weighted by molar-refractivity contribution is 0.571. The van der Waals surface area contributed by atoms with Gasteiger partial charge in [-0.3, -0.25) is 0 Å². The molecule has 2 aromatic carbocycles. The summed E-state index contributed by atoms with van der Waals surface area (Å²) in [7, 11) is 1.75. The summed E-state index contributed by atoms with van der Waals surface area (Å²) in [6.45, 7) is 0. The summed E-state index contributed by atoms with van der Waals surface area (Å²) in [5.74, 6) is -0.308. The van der Waals surface area contributed by atoms with Crippen LogP contribution in [0.15, 0.2) is 40.9 Å². The molecular formula is C14H11BrCl2FN. The van der Waals surface area contributed by atoms with Crippen molar-refractivity contribution in [2.75, 3.05) is 7.05 Å². The zero-order valence-electron chi connectivity index (χ0n) is 10.1. The normalized spacial score (nSPS) is 12.5. The Morgan fingerprint density at radius 3 is 2.42 bits per heavy atom. The highest BCUT2D eigenvalue weighted by molar-refractivity contribution is 9.10. The van der Waals surface area contributed by atoms with Gasteiger partial charge in [-0.1, -0.05) is 47.5 Å². The molecule has 0 saturated heterocycles. The van der Waals surface area contributed by atoms with E-state index in [0.29, 0.717) is 20.1 Å². The van der Waals surface area contributed by atoms with Crippen molar-refractivity contribution in [1.82, 2.24) is 5.32 Å². The summed E-state index contributed by atoms with van der Waals surface area (Å²) < 4.78 is 14.6. The van der Waals surface area contributed by atoms with Crippen LogP contribution in [0.1, 0.15) is 17.2 Å². The van der Waals surface area contributed by atoms with E-state index in [1.165, 1.54) is 0 Å². The largest absolute Gasteiger partial charge is 0.309 e. The van der Waals surface area contributed by atoms with Crippen molar-refractivity contribution in [3.8, 4) is 0 Å². The van der Waals surface area contributed by atoms with Crippen molar-refractivity contribution in [1.29, 1.82) is 0 Å². The average molecular weight is 363 g/mol. The fraction of sp³-hybridized carbons (Fsp3) is 0.143. The van der Waals surface area contributed by atoms with E-state index in [1.54, 1.807) is 37.4 Å². The molecule has 2 aromatic rings. The second-order valence-electron chi connectivity index (χ2n) is 4.01. The predicted octanol–water partition coefficient (Wildman–Crippen LogP) is 5.20. The van der Waals surface area contributed by atoms with Gasteiger partial charge >= 0.3 is 0 Å². The van der Waals surface area contributed by atoms with Crippen LogP contribution < -0.4 is 5.32 Å². The molecule has 0 aromatic heterocycles. The van der Waals surface area contributed by atoms with E-state index in [0.717, 1.165) is 5.56 Å². The van der Waals surface area contributed by atoms with Gasteiger partial charge in [-0.05, 0) is 40.7 Å². The summed E-state index contributed by atoms with van der Waals surface area (Å²) in [6.07, 6.45) is 0. The SMILES string of the molecule is CNC(c1cccc(Br)c1F)c1cccc(Cl)c1Cl. The van der Waals surface area contributed by atoms with Gasteiger partial charge in [0.2, 0.25) is 0 Å². The molecule has 0 saturated carbocycles. The molecule has 0 spiro atoms. The van der Waals surface area contributed by atoms with Gasteiger partial charge in [-0.15, -0.1) is 0 Å². The van der Waals surface area contributed by atoms with Crippen LogP contribution in [-0.2, 0) is 0 Å². The van der Waals surface area contributed by atoms with Crippen molar-refractivity contribution in [2.24, 2.45) is 0 Å². The maximum atomic E-state index is 14.2. The highest BCUT2D eigenvalue weighted by Crippen LogP contribution is 2.35. The van der Waals surface area contributed by atoms with Gasteiger partial charge in [0, 0.05) is 5.56 Å². The Balaban J connectivity index is 2.57. The average Bonchev–Trinajstić information content (AvgIpc) is 2.40. The van der Waals surface area contributed by atoms with E-state index in [9.17, 15) is 4.39 Å². The summed E-state index contributed by atoms with van der Waals surface area (Å²) in [6, 6.07) is 10.1. The molecule has 0 amide bonds. The van der Waals surface area contributed by atoms with E-state index in [1.807, 2.05) is 6.07 Å². The molecule has 5 heteroatoms. The second-order valence-corrected chi connectivity index (χ2v) is 5.65. The van der Waals surface area contributed by atoms with E-state index >= 15 is 0 Å². The van der Waals surface area contributed by atoms with Crippen LogP contribution in [0, 0.1) is 5.82 Å². The Hall–Kier alpha value is -0.610. The number of nitrogens with one attached hydrogen (secondary N) is 1. The Labute approximate surface area is 129 Å². The molecule has 19 heavy (non-hydrogen) atoms. The first-order valence-electron chi connectivity index (χ1n) is 5.61. The van der Waals surface area contributed by atoms with E-state index < -0.39 is 0 Å². The van der Waals surface area contributed by atoms with Crippen LogP contribution >= 0.6 is 39.1 Å². The summed E-state index contributed by atoms with van der Waals surface area (Å²) in [5, 5.41) is 3.95. The molecule has 0 aliphatic heterocycles. The molecular weight excluding hydrogens is 352 g/mol. The minimum Gasteiger partial charge on any atom is -0.309 e. The third-order valence-electron chi connectivity index (χ3n) is 2.87. The third-order valence-corrected chi connectivity index (χ3v) is 4.32. The molecule has 100 valence electrons. The number of hydrogen-bond acceptors (Lipinski definition) is 1. The minimum absolute atomic E-state index is 0.308. The van der Waals surface area contributed by atoms with Crippen LogP contribution in [0.25, 0.3) is 0 Å². The topological polar surface area (TPSA) is 12.0 Å². The number of halogens is 4. The van der Waals surface area contributed by atoms with Crippen molar-refractivity contribution < 1.29 is 4.39 Å². The zero-order valence-corrected chi connectivity index (χ0v) is 13.2. The van der Waals surface area contributed by atoms with Crippen LogP contribution in [0.5, 0.6) is 0 Å². The van der Waals surface area contributed by atoms with Gasteiger partial charge in [0.05, 0.1) is 20.6 Å². The Morgan fingerprint density at radius 2 is 1.74 bits per heavy atom. The van der Waals surface area contributed by atoms with Gasteiger partial charge in [-0.2, -0.15) is 0 Å².